The third kappa shape index (κ3) is 5.63. The van der Waals surface area contributed by atoms with Gasteiger partial charge in [-0.2, -0.15) is 12.7 Å². The van der Waals surface area contributed by atoms with E-state index in [1.807, 2.05) is 30.5 Å². The Bertz CT molecular complexity index is 1910. The molecule has 5 rings (SSSR count). The van der Waals surface area contributed by atoms with Crippen molar-refractivity contribution < 1.29 is 22.4 Å². The summed E-state index contributed by atoms with van der Waals surface area (Å²) in [6.45, 7) is 0.254. The lowest BCUT2D eigenvalue weighted by Crippen LogP contribution is -2.36. The number of amides is 2. The second-order valence-electron chi connectivity index (χ2n) is 9.54. The van der Waals surface area contributed by atoms with E-state index in [4.69, 9.17) is 0 Å². The van der Waals surface area contributed by atoms with Crippen LogP contribution in [0.1, 0.15) is 21.5 Å². The van der Waals surface area contributed by atoms with Crippen molar-refractivity contribution in [3.8, 4) is 0 Å². The van der Waals surface area contributed by atoms with E-state index in [1.54, 1.807) is 24.3 Å². The first-order valence-electron chi connectivity index (χ1n) is 12.8. The first kappa shape index (κ1) is 27.8. The minimum absolute atomic E-state index is 0.165. The van der Waals surface area contributed by atoms with Crippen LogP contribution in [0.4, 0.5) is 4.39 Å². The molecule has 0 unspecified atom stereocenters. The van der Waals surface area contributed by atoms with Crippen molar-refractivity contribution in [2.45, 2.75) is 6.42 Å². The maximum Gasteiger partial charge on any atom is 0.307 e. The van der Waals surface area contributed by atoms with E-state index in [2.05, 4.69) is 15.6 Å². The Balaban J connectivity index is 1.49. The van der Waals surface area contributed by atoms with E-state index >= 15 is 0 Å². The van der Waals surface area contributed by atoms with Gasteiger partial charge in [-0.05, 0) is 42.3 Å². The number of para-hydroxylation sites is 2. The highest BCUT2D eigenvalue weighted by atomic mass is 32.2. The van der Waals surface area contributed by atoms with Crippen molar-refractivity contribution in [3.63, 3.8) is 0 Å². The number of H-pyrrole nitrogens is 1. The van der Waals surface area contributed by atoms with Crippen LogP contribution in [0, 0.1) is 5.82 Å². The van der Waals surface area contributed by atoms with E-state index < -0.39 is 27.8 Å². The fraction of sp³-hybridized carbons (Fsp3) is 0.133. The molecule has 11 heteroatoms. The molecule has 2 heterocycles. The molecule has 3 aromatic carbocycles. The average Bonchev–Trinajstić information content (AvgIpc) is 3.55. The van der Waals surface area contributed by atoms with Crippen LogP contribution in [0.3, 0.4) is 0 Å². The van der Waals surface area contributed by atoms with Crippen LogP contribution in [0.5, 0.6) is 0 Å². The number of benzene rings is 3. The summed E-state index contributed by atoms with van der Waals surface area (Å²) >= 11 is 0. The zero-order valence-corrected chi connectivity index (χ0v) is 23.2. The van der Waals surface area contributed by atoms with Gasteiger partial charge in [0.1, 0.15) is 11.5 Å². The van der Waals surface area contributed by atoms with Crippen LogP contribution in [-0.2, 0) is 21.4 Å². The van der Waals surface area contributed by atoms with E-state index in [9.17, 15) is 22.4 Å². The molecule has 0 aliphatic carbocycles. The third-order valence-corrected chi connectivity index (χ3v) is 8.41. The zero-order chi connectivity index (χ0) is 29.1. The number of hydrogen-bond acceptors (Lipinski definition) is 4. The number of carbonyl (C=O) groups excluding carboxylic acids is 2. The van der Waals surface area contributed by atoms with Crippen molar-refractivity contribution in [2.24, 2.45) is 0 Å². The lowest BCUT2D eigenvalue weighted by Gasteiger charge is -2.13. The Morgan fingerprint density at radius 2 is 1.66 bits per heavy atom. The fourth-order valence-electron chi connectivity index (χ4n) is 4.55. The Morgan fingerprint density at radius 1 is 0.976 bits per heavy atom. The molecule has 0 spiro atoms. The first-order valence-corrected chi connectivity index (χ1v) is 14.2. The molecule has 9 nitrogen and oxygen atoms in total. The molecule has 0 radical (unpaired) electrons. The summed E-state index contributed by atoms with van der Waals surface area (Å²) in [4.78, 5) is 29.6. The molecule has 0 fully saturated rings. The lowest BCUT2D eigenvalue weighted by molar-refractivity contribution is -0.117. The van der Waals surface area contributed by atoms with Crippen molar-refractivity contribution in [2.75, 3.05) is 20.6 Å². The largest absolute Gasteiger partial charge is 0.361 e. The number of nitrogens with zero attached hydrogens (tertiary/aromatic N) is 2. The minimum Gasteiger partial charge on any atom is -0.361 e. The molecule has 5 aromatic rings. The van der Waals surface area contributed by atoms with Gasteiger partial charge < -0.3 is 15.6 Å². The summed E-state index contributed by atoms with van der Waals surface area (Å²) < 4.78 is 42.6. The molecule has 210 valence electrons. The van der Waals surface area contributed by atoms with Gasteiger partial charge in [0.15, 0.2) is 0 Å². The normalized spacial score (nSPS) is 12.2. The molecule has 0 atom stereocenters. The molecule has 2 aromatic heterocycles. The van der Waals surface area contributed by atoms with Gasteiger partial charge in [-0.3, -0.25) is 9.59 Å². The second kappa shape index (κ2) is 11.4. The van der Waals surface area contributed by atoms with Crippen LogP contribution in [0.15, 0.2) is 90.9 Å². The Labute approximate surface area is 236 Å². The number of aromatic nitrogens is 2. The third-order valence-electron chi connectivity index (χ3n) is 6.68. The highest BCUT2D eigenvalue weighted by Crippen LogP contribution is 2.26. The molecule has 0 aliphatic heterocycles. The van der Waals surface area contributed by atoms with Gasteiger partial charge in [0.05, 0.1) is 11.1 Å². The smallest absolute Gasteiger partial charge is 0.307 e. The van der Waals surface area contributed by atoms with Gasteiger partial charge in [0, 0.05) is 54.9 Å². The van der Waals surface area contributed by atoms with Crippen molar-refractivity contribution in [1.82, 2.24) is 23.9 Å². The van der Waals surface area contributed by atoms with Gasteiger partial charge in [0.2, 0.25) is 0 Å². The molecule has 41 heavy (non-hydrogen) atoms. The van der Waals surface area contributed by atoms with Gasteiger partial charge in [-0.15, -0.1) is 0 Å². The molecule has 0 aliphatic rings. The average molecular weight is 574 g/mol. The van der Waals surface area contributed by atoms with E-state index in [0.717, 1.165) is 30.8 Å². The van der Waals surface area contributed by atoms with Crippen LogP contribution >= 0.6 is 0 Å². The van der Waals surface area contributed by atoms with Gasteiger partial charge in [-0.1, -0.05) is 48.5 Å². The molecule has 0 saturated carbocycles. The van der Waals surface area contributed by atoms with E-state index in [0.29, 0.717) is 22.9 Å². The Kier molecular flexibility index (Phi) is 7.73. The summed E-state index contributed by atoms with van der Waals surface area (Å²) in [7, 11) is -1.05. The summed E-state index contributed by atoms with van der Waals surface area (Å²) in [6.07, 6.45) is 5.18. The van der Waals surface area contributed by atoms with Crippen LogP contribution < -0.4 is 10.6 Å². The van der Waals surface area contributed by atoms with Gasteiger partial charge in [-0.25, -0.2) is 8.36 Å². The zero-order valence-electron chi connectivity index (χ0n) is 22.4. The number of carbonyl (C=O) groups is 2. The Morgan fingerprint density at radius 3 is 2.41 bits per heavy atom. The summed E-state index contributed by atoms with van der Waals surface area (Å²) in [5, 5.41) is 6.93. The maximum atomic E-state index is 14.4. The van der Waals surface area contributed by atoms with Crippen LogP contribution in [-0.4, -0.2) is 54.1 Å². The SMILES string of the molecule is CN(C)S(=O)(=O)n1cc(/C=C(\NC(=O)c2ccccc2F)C(=O)NCCc2c[nH]c3ccccc23)c2ccccc21. The van der Waals surface area contributed by atoms with Crippen molar-refractivity contribution >= 4 is 49.9 Å². The number of halogens is 1. The van der Waals surface area contributed by atoms with Crippen LogP contribution in [0.2, 0.25) is 0 Å². The highest BCUT2D eigenvalue weighted by molar-refractivity contribution is 7.87. The standard InChI is InChI=1S/C30H28FN5O4S/c1-35(2)41(39,40)36-19-21(23-10-5-8-14-28(23)36)17-27(34-29(37)24-11-3-6-12-25(24)31)30(38)32-16-15-20-18-33-26-13-7-4-9-22(20)26/h3-14,17-19,33H,15-16H2,1-2H3,(H,32,38)(H,34,37)/b27-17-. The molecule has 0 saturated heterocycles. The van der Waals surface area contributed by atoms with Gasteiger partial charge in [0.25, 0.3) is 11.8 Å². The summed E-state index contributed by atoms with van der Waals surface area (Å²) in [5.41, 5.74) is 2.37. The molecular formula is C30H28FN5O4S. The molecule has 3 N–H and O–H groups in total. The predicted molar refractivity (Wildman–Crippen MR) is 157 cm³/mol. The van der Waals surface area contributed by atoms with Crippen molar-refractivity contribution in [3.05, 3.63) is 113 Å². The topological polar surface area (TPSA) is 116 Å². The first-order chi connectivity index (χ1) is 19.7. The molecule has 2 amide bonds. The quantitative estimate of drug-likeness (QED) is 0.231. The van der Waals surface area contributed by atoms with E-state index in [-0.39, 0.29) is 17.8 Å². The number of nitrogens with one attached hydrogen (secondary N) is 3. The van der Waals surface area contributed by atoms with Gasteiger partial charge >= 0.3 is 10.2 Å². The predicted octanol–water partition coefficient (Wildman–Crippen LogP) is 4.05. The highest BCUT2D eigenvalue weighted by Gasteiger charge is 2.22. The van der Waals surface area contributed by atoms with Crippen molar-refractivity contribution in [1.29, 1.82) is 0 Å². The number of rotatable bonds is 9. The minimum atomic E-state index is -3.89. The maximum absolute atomic E-state index is 14.4. The Hall–Kier alpha value is -4.74. The molecular weight excluding hydrogens is 545 g/mol. The van der Waals surface area contributed by atoms with Crippen LogP contribution in [0.25, 0.3) is 27.9 Å². The number of fused-ring (bicyclic) bond motifs is 2. The monoisotopic (exact) mass is 573 g/mol. The molecule has 0 bridgehead atoms. The number of hydrogen-bond donors (Lipinski definition) is 3. The van der Waals surface area contributed by atoms with E-state index in [1.165, 1.54) is 44.6 Å². The summed E-state index contributed by atoms with van der Waals surface area (Å²) in [5.74, 6) is -2.16. The lowest BCUT2D eigenvalue weighted by atomic mass is 10.1. The fourth-order valence-corrected chi connectivity index (χ4v) is 5.56. The summed E-state index contributed by atoms with van der Waals surface area (Å²) in [6, 6.07) is 20.1. The number of aromatic amines is 1. The second-order valence-corrected chi connectivity index (χ2v) is 11.6.